The molecule has 2 aliphatic rings. The fourth-order valence-electron chi connectivity index (χ4n) is 3.46. The maximum atomic E-state index is 12.6. The van der Waals surface area contributed by atoms with Crippen LogP contribution in [0.25, 0.3) is 0 Å². The number of amides is 2. The third-order valence-corrected chi connectivity index (χ3v) is 4.66. The number of rotatable bonds is 4. The van der Waals surface area contributed by atoms with E-state index in [0.29, 0.717) is 39.3 Å². The SMILES string of the molecule is CCOc1cc(C(=O)N2C[C@@H]3COCC[C@]3(C(=O)NC)C2)on1. The Morgan fingerprint density at radius 3 is 3.13 bits per heavy atom. The molecular weight excluding hydrogens is 302 g/mol. The van der Waals surface area contributed by atoms with Crippen LogP contribution >= 0.6 is 0 Å². The summed E-state index contributed by atoms with van der Waals surface area (Å²) in [6.45, 7) is 4.12. The van der Waals surface area contributed by atoms with Crippen LogP contribution in [0.5, 0.6) is 5.88 Å². The Balaban J connectivity index is 1.78. The molecule has 1 aromatic rings. The summed E-state index contributed by atoms with van der Waals surface area (Å²) in [4.78, 5) is 26.7. The van der Waals surface area contributed by atoms with Crippen LogP contribution in [0.2, 0.25) is 0 Å². The van der Waals surface area contributed by atoms with Gasteiger partial charge in [0.1, 0.15) is 0 Å². The lowest BCUT2D eigenvalue weighted by Gasteiger charge is -2.36. The van der Waals surface area contributed by atoms with Gasteiger partial charge in [0.2, 0.25) is 11.7 Å². The van der Waals surface area contributed by atoms with Gasteiger partial charge in [0, 0.05) is 32.7 Å². The normalized spacial score (nSPS) is 26.7. The van der Waals surface area contributed by atoms with Crippen molar-refractivity contribution in [1.82, 2.24) is 15.4 Å². The van der Waals surface area contributed by atoms with Crippen LogP contribution in [0.1, 0.15) is 23.9 Å². The smallest absolute Gasteiger partial charge is 0.292 e. The molecule has 1 aromatic heterocycles. The maximum Gasteiger partial charge on any atom is 0.292 e. The quantitative estimate of drug-likeness (QED) is 0.856. The minimum Gasteiger partial charge on any atom is -0.476 e. The number of carbonyl (C=O) groups is 2. The molecule has 2 amide bonds. The van der Waals surface area contributed by atoms with E-state index < -0.39 is 5.41 Å². The molecule has 0 aromatic carbocycles. The van der Waals surface area contributed by atoms with Crippen molar-refractivity contribution in [2.24, 2.45) is 11.3 Å². The van der Waals surface area contributed by atoms with E-state index in [0.717, 1.165) is 0 Å². The van der Waals surface area contributed by atoms with Crippen molar-refractivity contribution in [3.05, 3.63) is 11.8 Å². The topological polar surface area (TPSA) is 93.9 Å². The maximum absolute atomic E-state index is 12.6. The van der Waals surface area contributed by atoms with Crippen LogP contribution in [-0.2, 0) is 9.53 Å². The number of carbonyl (C=O) groups excluding carboxylic acids is 2. The van der Waals surface area contributed by atoms with Gasteiger partial charge in [0.05, 0.1) is 24.7 Å². The van der Waals surface area contributed by atoms with Crippen molar-refractivity contribution in [2.45, 2.75) is 13.3 Å². The van der Waals surface area contributed by atoms with Gasteiger partial charge in [0.25, 0.3) is 11.8 Å². The summed E-state index contributed by atoms with van der Waals surface area (Å²) in [7, 11) is 1.62. The van der Waals surface area contributed by atoms with Crippen molar-refractivity contribution in [1.29, 1.82) is 0 Å². The summed E-state index contributed by atoms with van der Waals surface area (Å²) in [5, 5.41) is 6.44. The summed E-state index contributed by atoms with van der Waals surface area (Å²) >= 11 is 0. The lowest BCUT2D eigenvalue weighted by Crippen LogP contribution is -2.49. The number of hydrogen-bond acceptors (Lipinski definition) is 6. The molecule has 2 saturated heterocycles. The van der Waals surface area contributed by atoms with Gasteiger partial charge in [-0.2, -0.15) is 0 Å². The summed E-state index contributed by atoms with van der Waals surface area (Å²) < 4.78 is 15.8. The Hall–Kier alpha value is -2.09. The van der Waals surface area contributed by atoms with Gasteiger partial charge in [-0.05, 0) is 18.5 Å². The molecule has 0 unspecified atom stereocenters. The predicted molar refractivity (Wildman–Crippen MR) is 79.0 cm³/mol. The molecule has 0 aliphatic carbocycles. The molecule has 0 saturated carbocycles. The molecule has 1 N–H and O–H groups in total. The summed E-state index contributed by atoms with van der Waals surface area (Å²) in [5.41, 5.74) is -0.578. The highest BCUT2D eigenvalue weighted by atomic mass is 16.5. The van der Waals surface area contributed by atoms with Crippen LogP contribution in [0.3, 0.4) is 0 Å². The van der Waals surface area contributed by atoms with Crippen molar-refractivity contribution >= 4 is 11.8 Å². The van der Waals surface area contributed by atoms with Crippen molar-refractivity contribution in [3.8, 4) is 5.88 Å². The minimum atomic E-state index is -0.578. The number of nitrogens with zero attached hydrogens (tertiary/aromatic N) is 2. The Labute approximate surface area is 134 Å². The van der Waals surface area contributed by atoms with E-state index in [4.69, 9.17) is 14.0 Å². The Bertz CT molecular complexity index is 602. The predicted octanol–water partition coefficient (Wildman–Crippen LogP) is 0.298. The van der Waals surface area contributed by atoms with Gasteiger partial charge in [0.15, 0.2) is 0 Å². The lowest BCUT2D eigenvalue weighted by atomic mass is 9.73. The van der Waals surface area contributed by atoms with Gasteiger partial charge < -0.3 is 24.2 Å². The summed E-state index contributed by atoms with van der Waals surface area (Å²) in [5.74, 6) is 0.0983. The van der Waals surface area contributed by atoms with Crippen LogP contribution < -0.4 is 10.1 Å². The Kier molecular flexibility index (Phi) is 4.25. The lowest BCUT2D eigenvalue weighted by molar-refractivity contribution is -0.138. The van der Waals surface area contributed by atoms with Crippen LogP contribution in [-0.4, -0.2) is 61.8 Å². The van der Waals surface area contributed by atoms with Crippen molar-refractivity contribution in [3.63, 3.8) is 0 Å². The van der Waals surface area contributed by atoms with E-state index >= 15 is 0 Å². The third kappa shape index (κ3) is 2.67. The number of nitrogens with one attached hydrogen (secondary N) is 1. The number of fused-ring (bicyclic) bond motifs is 1. The molecular formula is C15H21N3O5. The fraction of sp³-hybridized carbons (Fsp3) is 0.667. The molecule has 0 bridgehead atoms. The highest BCUT2D eigenvalue weighted by Crippen LogP contribution is 2.42. The first-order chi connectivity index (χ1) is 11.1. The first-order valence-corrected chi connectivity index (χ1v) is 7.79. The van der Waals surface area contributed by atoms with Crippen LogP contribution in [0.15, 0.2) is 10.6 Å². The first kappa shape index (κ1) is 15.8. The highest BCUT2D eigenvalue weighted by Gasteiger charge is 2.54. The van der Waals surface area contributed by atoms with Crippen LogP contribution in [0, 0.1) is 11.3 Å². The molecule has 8 nitrogen and oxygen atoms in total. The van der Waals surface area contributed by atoms with Gasteiger partial charge in [-0.1, -0.05) is 0 Å². The second-order valence-corrected chi connectivity index (χ2v) is 5.91. The number of likely N-dealkylation sites (tertiary alicyclic amines) is 1. The largest absolute Gasteiger partial charge is 0.476 e. The monoisotopic (exact) mass is 323 g/mol. The molecule has 3 rings (SSSR count). The summed E-state index contributed by atoms with van der Waals surface area (Å²) in [6, 6.07) is 1.48. The van der Waals surface area contributed by atoms with E-state index in [1.807, 2.05) is 6.92 Å². The standard InChI is InChI=1S/C15H21N3O5/c1-3-22-12-6-11(23-17-12)13(19)18-7-10-8-21-5-4-15(10,9-18)14(20)16-2/h6,10H,3-5,7-9H2,1-2H3,(H,16,20)/t10-,15+/m1/s1. The van der Waals surface area contributed by atoms with Gasteiger partial charge in [-0.15, -0.1) is 0 Å². The third-order valence-electron chi connectivity index (χ3n) is 4.66. The zero-order chi connectivity index (χ0) is 16.4. The van der Waals surface area contributed by atoms with Gasteiger partial charge in [-0.25, -0.2) is 0 Å². The van der Waals surface area contributed by atoms with Crippen LogP contribution in [0.4, 0.5) is 0 Å². The van der Waals surface area contributed by atoms with E-state index in [2.05, 4.69) is 10.5 Å². The van der Waals surface area contributed by atoms with E-state index in [9.17, 15) is 9.59 Å². The molecule has 2 fully saturated rings. The zero-order valence-corrected chi connectivity index (χ0v) is 13.3. The Morgan fingerprint density at radius 1 is 1.57 bits per heavy atom. The average Bonchev–Trinajstić information content (AvgIpc) is 3.18. The van der Waals surface area contributed by atoms with E-state index in [1.165, 1.54) is 6.07 Å². The number of aromatic nitrogens is 1. The molecule has 2 atom stereocenters. The van der Waals surface area contributed by atoms with Crippen molar-refractivity contribution < 1.29 is 23.6 Å². The van der Waals surface area contributed by atoms with E-state index in [-0.39, 0.29) is 29.4 Å². The molecule has 126 valence electrons. The highest BCUT2D eigenvalue weighted by molar-refractivity contribution is 5.93. The second kappa shape index (κ2) is 6.19. The number of ether oxygens (including phenoxy) is 2. The van der Waals surface area contributed by atoms with Gasteiger partial charge in [-0.3, -0.25) is 9.59 Å². The molecule has 3 heterocycles. The van der Waals surface area contributed by atoms with Crippen molar-refractivity contribution in [2.75, 3.05) is 40.0 Å². The molecule has 0 radical (unpaired) electrons. The molecule has 23 heavy (non-hydrogen) atoms. The summed E-state index contributed by atoms with van der Waals surface area (Å²) in [6.07, 6.45) is 0.613. The average molecular weight is 323 g/mol. The molecule has 0 spiro atoms. The molecule has 8 heteroatoms. The minimum absolute atomic E-state index is 0.00515. The number of hydrogen-bond donors (Lipinski definition) is 1. The Morgan fingerprint density at radius 2 is 2.39 bits per heavy atom. The second-order valence-electron chi connectivity index (χ2n) is 5.91. The van der Waals surface area contributed by atoms with E-state index in [1.54, 1.807) is 11.9 Å². The zero-order valence-electron chi connectivity index (χ0n) is 13.3. The molecule has 2 aliphatic heterocycles. The first-order valence-electron chi connectivity index (χ1n) is 7.79. The van der Waals surface area contributed by atoms with Gasteiger partial charge >= 0.3 is 0 Å². The fourth-order valence-corrected chi connectivity index (χ4v) is 3.46.